The molecule has 2 saturated heterocycles. The van der Waals surface area contributed by atoms with Crippen LogP contribution in [0.3, 0.4) is 0 Å². The predicted molar refractivity (Wildman–Crippen MR) is 98.8 cm³/mol. The third-order valence-corrected chi connectivity index (χ3v) is 8.75. The summed E-state index contributed by atoms with van der Waals surface area (Å²) >= 11 is 0. The highest BCUT2D eigenvalue weighted by molar-refractivity contribution is 7.89. The first-order valence-electron chi connectivity index (χ1n) is 9.84. The van der Waals surface area contributed by atoms with Crippen molar-refractivity contribution in [2.75, 3.05) is 40.3 Å². The highest BCUT2D eigenvalue weighted by Crippen LogP contribution is 2.29. The topological polar surface area (TPSA) is 60.9 Å². The highest BCUT2D eigenvalue weighted by Gasteiger charge is 2.39. The summed E-state index contributed by atoms with van der Waals surface area (Å²) < 4.78 is 27.9. The average Bonchev–Trinajstić information content (AvgIpc) is 3.16. The second kappa shape index (κ2) is 7.92. The van der Waals surface area contributed by atoms with Gasteiger partial charge < -0.3 is 9.80 Å². The Balaban J connectivity index is 1.63. The fourth-order valence-corrected chi connectivity index (χ4v) is 6.54. The standard InChI is InChI=1S/C18H33N3O3S/c1-19-12-9-16(10-13-19)20(2)25(23,24)17-8-5-11-21(14-17)18(22)15-6-3-4-7-15/h15-17H,3-14H2,1-2H3/t17-/m1/s1. The zero-order valence-corrected chi connectivity index (χ0v) is 16.5. The lowest BCUT2D eigenvalue weighted by molar-refractivity contribution is -0.136. The van der Waals surface area contributed by atoms with Gasteiger partial charge in [-0.25, -0.2) is 12.7 Å². The first-order chi connectivity index (χ1) is 11.9. The predicted octanol–water partition coefficient (Wildman–Crippen LogP) is 1.52. The summed E-state index contributed by atoms with van der Waals surface area (Å²) in [5, 5.41) is -0.434. The lowest BCUT2D eigenvalue weighted by atomic mass is 10.0. The molecule has 1 atom stereocenters. The van der Waals surface area contributed by atoms with Crippen molar-refractivity contribution in [3.8, 4) is 0 Å². The Morgan fingerprint density at radius 3 is 2.24 bits per heavy atom. The lowest BCUT2D eigenvalue weighted by Gasteiger charge is -2.39. The van der Waals surface area contributed by atoms with Gasteiger partial charge in [-0.2, -0.15) is 0 Å². The van der Waals surface area contributed by atoms with Gasteiger partial charge in [0.25, 0.3) is 0 Å². The van der Waals surface area contributed by atoms with Crippen LogP contribution in [-0.4, -0.2) is 80.0 Å². The van der Waals surface area contributed by atoms with Crippen molar-refractivity contribution in [2.45, 2.75) is 62.7 Å². The van der Waals surface area contributed by atoms with Gasteiger partial charge in [0.2, 0.25) is 15.9 Å². The van der Waals surface area contributed by atoms with Crippen molar-refractivity contribution in [3.05, 3.63) is 0 Å². The summed E-state index contributed by atoms with van der Waals surface area (Å²) in [7, 11) is 0.473. The van der Waals surface area contributed by atoms with E-state index in [1.54, 1.807) is 11.4 Å². The first-order valence-corrected chi connectivity index (χ1v) is 11.3. The van der Waals surface area contributed by atoms with Gasteiger partial charge in [0.05, 0.1) is 5.25 Å². The Hall–Kier alpha value is -0.660. The number of sulfonamides is 1. The van der Waals surface area contributed by atoms with Crippen LogP contribution >= 0.6 is 0 Å². The van der Waals surface area contributed by atoms with Crippen LogP contribution in [0.15, 0.2) is 0 Å². The largest absolute Gasteiger partial charge is 0.341 e. The Labute approximate surface area is 152 Å². The molecular formula is C18H33N3O3S. The maximum atomic E-state index is 13.1. The van der Waals surface area contributed by atoms with Crippen LogP contribution in [0.2, 0.25) is 0 Å². The van der Waals surface area contributed by atoms with E-state index in [1.807, 2.05) is 4.90 Å². The van der Waals surface area contributed by atoms with E-state index in [-0.39, 0.29) is 17.9 Å². The van der Waals surface area contributed by atoms with E-state index in [2.05, 4.69) is 11.9 Å². The van der Waals surface area contributed by atoms with E-state index in [0.717, 1.165) is 64.6 Å². The van der Waals surface area contributed by atoms with Crippen LogP contribution in [0.1, 0.15) is 51.4 Å². The second-order valence-electron chi connectivity index (χ2n) is 8.13. The van der Waals surface area contributed by atoms with Crippen LogP contribution in [0.4, 0.5) is 0 Å². The van der Waals surface area contributed by atoms with Crippen molar-refractivity contribution in [1.29, 1.82) is 0 Å². The minimum atomic E-state index is -3.35. The van der Waals surface area contributed by atoms with Gasteiger partial charge in [0.15, 0.2) is 0 Å². The summed E-state index contributed by atoms with van der Waals surface area (Å²) in [5.41, 5.74) is 0. The van der Waals surface area contributed by atoms with Crippen molar-refractivity contribution in [2.24, 2.45) is 5.92 Å². The van der Waals surface area contributed by atoms with Gasteiger partial charge in [-0.15, -0.1) is 0 Å². The molecule has 0 radical (unpaired) electrons. The van der Waals surface area contributed by atoms with Gasteiger partial charge in [0, 0.05) is 32.1 Å². The number of carbonyl (C=O) groups excluding carboxylic acids is 1. The van der Waals surface area contributed by atoms with E-state index in [1.165, 1.54) is 0 Å². The Bertz CT molecular complexity index is 566. The second-order valence-corrected chi connectivity index (χ2v) is 10.4. The van der Waals surface area contributed by atoms with Crippen molar-refractivity contribution in [3.63, 3.8) is 0 Å². The number of piperidine rings is 2. The zero-order chi connectivity index (χ0) is 18.0. The summed E-state index contributed by atoms with van der Waals surface area (Å²) in [6.07, 6.45) is 7.46. The molecule has 6 nitrogen and oxygen atoms in total. The number of rotatable bonds is 4. The fraction of sp³-hybridized carbons (Fsp3) is 0.944. The van der Waals surface area contributed by atoms with Crippen LogP contribution in [0.5, 0.6) is 0 Å². The molecule has 144 valence electrons. The monoisotopic (exact) mass is 371 g/mol. The molecule has 1 amide bonds. The van der Waals surface area contributed by atoms with Gasteiger partial charge in [-0.05, 0) is 58.7 Å². The summed E-state index contributed by atoms with van der Waals surface area (Å²) in [5.74, 6) is 0.326. The smallest absolute Gasteiger partial charge is 0.225 e. The molecule has 0 aromatic carbocycles. The van der Waals surface area contributed by atoms with Crippen LogP contribution in [0.25, 0.3) is 0 Å². The van der Waals surface area contributed by atoms with Crippen molar-refractivity contribution >= 4 is 15.9 Å². The van der Waals surface area contributed by atoms with Crippen LogP contribution in [-0.2, 0) is 14.8 Å². The van der Waals surface area contributed by atoms with Gasteiger partial charge >= 0.3 is 0 Å². The minimum absolute atomic E-state index is 0.0992. The van der Waals surface area contributed by atoms with E-state index >= 15 is 0 Å². The van der Waals surface area contributed by atoms with Gasteiger partial charge in [0.1, 0.15) is 0 Å². The number of carbonyl (C=O) groups is 1. The van der Waals surface area contributed by atoms with E-state index in [4.69, 9.17) is 0 Å². The summed E-state index contributed by atoms with van der Waals surface area (Å²) in [6.45, 7) is 3.00. The Morgan fingerprint density at radius 2 is 1.60 bits per heavy atom. The van der Waals surface area contributed by atoms with E-state index in [9.17, 15) is 13.2 Å². The molecule has 0 N–H and O–H groups in total. The van der Waals surface area contributed by atoms with E-state index < -0.39 is 15.3 Å². The van der Waals surface area contributed by atoms with Gasteiger partial charge in [-0.3, -0.25) is 4.79 Å². The van der Waals surface area contributed by atoms with Gasteiger partial charge in [-0.1, -0.05) is 12.8 Å². The molecule has 2 heterocycles. The highest BCUT2D eigenvalue weighted by atomic mass is 32.2. The molecule has 1 aliphatic carbocycles. The Morgan fingerprint density at radius 1 is 0.960 bits per heavy atom. The molecule has 25 heavy (non-hydrogen) atoms. The number of nitrogens with zero attached hydrogens (tertiary/aromatic N) is 3. The number of likely N-dealkylation sites (tertiary alicyclic amines) is 2. The first kappa shape index (κ1) is 19.1. The van der Waals surface area contributed by atoms with Crippen molar-refractivity contribution in [1.82, 2.24) is 14.1 Å². The van der Waals surface area contributed by atoms with E-state index in [0.29, 0.717) is 13.0 Å². The normalized spacial score (nSPS) is 28.0. The molecule has 3 aliphatic rings. The molecule has 3 fully saturated rings. The summed E-state index contributed by atoms with van der Waals surface area (Å²) in [4.78, 5) is 16.8. The lowest BCUT2D eigenvalue weighted by Crippen LogP contribution is -2.53. The molecule has 0 aromatic heterocycles. The van der Waals surface area contributed by atoms with Crippen LogP contribution in [0, 0.1) is 5.92 Å². The SMILES string of the molecule is CN1CCC(N(C)S(=O)(=O)[C@@H]2CCCN(C(=O)C3CCCC3)C2)CC1. The third-order valence-electron chi connectivity index (χ3n) is 6.42. The number of hydrogen-bond acceptors (Lipinski definition) is 4. The average molecular weight is 372 g/mol. The molecule has 0 bridgehead atoms. The number of amides is 1. The molecule has 0 spiro atoms. The maximum absolute atomic E-state index is 13.1. The molecule has 2 aliphatic heterocycles. The van der Waals surface area contributed by atoms with Crippen LogP contribution < -0.4 is 0 Å². The number of hydrogen-bond donors (Lipinski definition) is 0. The Kier molecular flexibility index (Phi) is 6.06. The maximum Gasteiger partial charge on any atom is 0.225 e. The molecule has 0 aromatic rings. The minimum Gasteiger partial charge on any atom is -0.341 e. The molecule has 7 heteroatoms. The summed E-state index contributed by atoms with van der Waals surface area (Å²) in [6, 6.07) is 0.0992. The molecular weight excluding hydrogens is 338 g/mol. The fourth-order valence-electron chi connectivity index (χ4n) is 4.61. The third kappa shape index (κ3) is 4.19. The quantitative estimate of drug-likeness (QED) is 0.752. The molecule has 3 rings (SSSR count). The molecule has 1 saturated carbocycles. The van der Waals surface area contributed by atoms with Crippen molar-refractivity contribution < 1.29 is 13.2 Å². The zero-order valence-electron chi connectivity index (χ0n) is 15.7. The molecule has 0 unspecified atom stereocenters.